The van der Waals surface area contributed by atoms with Crippen molar-refractivity contribution < 1.29 is 14.3 Å². The molecular formula is C19H21NO3S. The molecular weight excluding hydrogens is 322 g/mol. The van der Waals surface area contributed by atoms with Crippen LogP contribution >= 0.6 is 11.3 Å². The van der Waals surface area contributed by atoms with Crippen LogP contribution in [0.1, 0.15) is 23.3 Å². The molecule has 1 amide bonds. The van der Waals surface area contributed by atoms with Crippen LogP contribution in [0.4, 0.5) is 0 Å². The molecule has 1 aliphatic rings. The fourth-order valence-corrected chi connectivity index (χ4v) is 3.26. The molecule has 24 heavy (non-hydrogen) atoms. The number of carbonyl (C=O) groups is 1. The van der Waals surface area contributed by atoms with Crippen LogP contribution in [0, 0.1) is 0 Å². The largest absolute Gasteiger partial charge is 0.497 e. The second kappa shape index (κ2) is 7.53. The monoisotopic (exact) mass is 343 g/mol. The number of methoxy groups -OCH3 is 2. The number of hydrogen-bond acceptors (Lipinski definition) is 4. The van der Waals surface area contributed by atoms with E-state index in [1.54, 1.807) is 31.6 Å². The van der Waals surface area contributed by atoms with Crippen molar-refractivity contribution in [2.24, 2.45) is 0 Å². The van der Waals surface area contributed by atoms with E-state index >= 15 is 0 Å². The van der Waals surface area contributed by atoms with Gasteiger partial charge in [0.2, 0.25) is 5.91 Å². The Morgan fingerprint density at radius 1 is 1.29 bits per heavy atom. The zero-order valence-electron chi connectivity index (χ0n) is 13.9. The van der Waals surface area contributed by atoms with Crippen molar-refractivity contribution in [2.45, 2.75) is 25.4 Å². The van der Waals surface area contributed by atoms with Gasteiger partial charge in [-0.3, -0.25) is 4.79 Å². The quantitative estimate of drug-likeness (QED) is 0.714. The smallest absolute Gasteiger partial charge is 0.247 e. The minimum absolute atomic E-state index is 0.0452. The standard InChI is InChI=1S/C19H21NO3S/c1-22-16-9-5-14(18(12-16)23-2)6-10-19(21)20(15-7-8-15)13-17-4-3-11-24-17/h3-6,9-12,15H,7-8,13H2,1-2H3/b10-6+. The van der Waals surface area contributed by atoms with Crippen LogP contribution < -0.4 is 9.47 Å². The lowest BCUT2D eigenvalue weighted by Gasteiger charge is -2.20. The van der Waals surface area contributed by atoms with Crippen molar-refractivity contribution in [1.82, 2.24) is 4.90 Å². The van der Waals surface area contributed by atoms with Gasteiger partial charge in [0.05, 0.1) is 20.8 Å². The summed E-state index contributed by atoms with van der Waals surface area (Å²) in [7, 11) is 3.23. The van der Waals surface area contributed by atoms with E-state index in [9.17, 15) is 4.79 Å². The Balaban J connectivity index is 1.73. The Labute approximate surface area is 146 Å². The first-order valence-electron chi connectivity index (χ1n) is 7.94. The predicted molar refractivity (Wildman–Crippen MR) is 96.5 cm³/mol. The van der Waals surface area contributed by atoms with Crippen LogP contribution in [0.3, 0.4) is 0 Å². The van der Waals surface area contributed by atoms with Gasteiger partial charge in [0.1, 0.15) is 11.5 Å². The van der Waals surface area contributed by atoms with E-state index in [0.29, 0.717) is 18.3 Å². The highest BCUT2D eigenvalue weighted by molar-refractivity contribution is 7.09. The molecule has 4 nitrogen and oxygen atoms in total. The van der Waals surface area contributed by atoms with Crippen LogP contribution in [0.5, 0.6) is 11.5 Å². The maximum Gasteiger partial charge on any atom is 0.247 e. The zero-order chi connectivity index (χ0) is 16.9. The third-order valence-corrected chi connectivity index (χ3v) is 4.88. The molecule has 0 atom stereocenters. The number of carbonyl (C=O) groups excluding carboxylic acids is 1. The third kappa shape index (κ3) is 3.97. The second-order valence-corrected chi connectivity index (χ2v) is 6.75. The summed E-state index contributed by atoms with van der Waals surface area (Å²) in [5.74, 6) is 1.46. The Bertz CT molecular complexity index is 720. The molecule has 0 bridgehead atoms. The normalized spacial score (nSPS) is 13.9. The average molecular weight is 343 g/mol. The molecule has 5 heteroatoms. The van der Waals surface area contributed by atoms with Crippen molar-refractivity contribution >= 4 is 23.3 Å². The highest BCUT2D eigenvalue weighted by Crippen LogP contribution is 2.30. The van der Waals surface area contributed by atoms with Gasteiger partial charge in [-0.05, 0) is 42.5 Å². The lowest BCUT2D eigenvalue weighted by molar-refractivity contribution is -0.127. The summed E-state index contributed by atoms with van der Waals surface area (Å²) in [4.78, 5) is 15.8. The maximum absolute atomic E-state index is 12.6. The number of rotatable bonds is 7. The van der Waals surface area contributed by atoms with E-state index in [1.165, 1.54) is 4.88 Å². The molecule has 1 fully saturated rings. The summed E-state index contributed by atoms with van der Waals surface area (Å²) in [5, 5.41) is 2.04. The number of thiophene rings is 1. The van der Waals surface area contributed by atoms with Crippen molar-refractivity contribution in [3.8, 4) is 11.5 Å². The van der Waals surface area contributed by atoms with Gasteiger partial charge in [0, 0.05) is 28.6 Å². The number of nitrogens with zero attached hydrogens (tertiary/aromatic N) is 1. The molecule has 2 aromatic rings. The zero-order valence-corrected chi connectivity index (χ0v) is 14.7. The molecule has 1 saturated carbocycles. The summed E-state index contributed by atoms with van der Waals surface area (Å²) < 4.78 is 10.6. The summed E-state index contributed by atoms with van der Waals surface area (Å²) in [5.41, 5.74) is 0.860. The van der Waals surface area contributed by atoms with Crippen molar-refractivity contribution in [3.05, 3.63) is 52.2 Å². The van der Waals surface area contributed by atoms with E-state index in [1.807, 2.05) is 40.6 Å². The summed E-state index contributed by atoms with van der Waals surface area (Å²) in [6.07, 6.45) is 5.63. The SMILES string of the molecule is COc1ccc(/C=C/C(=O)N(Cc2cccs2)C2CC2)c(OC)c1. The van der Waals surface area contributed by atoms with Gasteiger partial charge in [-0.15, -0.1) is 11.3 Å². The first-order chi connectivity index (χ1) is 11.7. The van der Waals surface area contributed by atoms with Gasteiger partial charge in [0.15, 0.2) is 0 Å². The molecule has 126 valence electrons. The summed E-state index contributed by atoms with van der Waals surface area (Å²) in [6, 6.07) is 10.0. The first kappa shape index (κ1) is 16.6. The summed E-state index contributed by atoms with van der Waals surface area (Å²) >= 11 is 1.69. The van der Waals surface area contributed by atoms with Crippen molar-refractivity contribution in [1.29, 1.82) is 0 Å². The molecule has 1 heterocycles. The molecule has 0 aliphatic heterocycles. The topological polar surface area (TPSA) is 38.8 Å². The van der Waals surface area contributed by atoms with Crippen LogP contribution in [-0.2, 0) is 11.3 Å². The van der Waals surface area contributed by atoms with E-state index in [4.69, 9.17) is 9.47 Å². The first-order valence-corrected chi connectivity index (χ1v) is 8.82. The summed E-state index contributed by atoms with van der Waals surface area (Å²) in [6.45, 7) is 0.686. The van der Waals surface area contributed by atoms with Gasteiger partial charge < -0.3 is 14.4 Å². The molecule has 0 N–H and O–H groups in total. The molecule has 1 aromatic carbocycles. The van der Waals surface area contributed by atoms with Crippen molar-refractivity contribution in [3.63, 3.8) is 0 Å². The Morgan fingerprint density at radius 3 is 2.75 bits per heavy atom. The Hall–Kier alpha value is -2.27. The molecule has 0 radical (unpaired) electrons. The molecule has 3 rings (SSSR count). The number of hydrogen-bond donors (Lipinski definition) is 0. The fourth-order valence-electron chi connectivity index (χ4n) is 2.56. The third-order valence-electron chi connectivity index (χ3n) is 4.02. The second-order valence-electron chi connectivity index (χ2n) is 5.72. The molecule has 0 saturated heterocycles. The van der Waals surface area contributed by atoms with Gasteiger partial charge in [0.25, 0.3) is 0 Å². The van der Waals surface area contributed by atoms with Gasteiger partial charge >= 0.3 is 0 Å². The minimum atomic E-state index is 0.0452. The maximum atomic E-state index is 12.6. The minimum Gasteiger partial charge on any atom is -0.497 e. The fraction of sp³-hybridized carbons (Fsp3) is 0.316. The highest BCUT2D eigenvalue weighted by Gasteiger charge is 2.31. The molecule has 1 aromatic heterocycles. The average Bonchev–Trinajstić information content (AvgIpc) is 3.33. The molecule has 1 aliphatic carbocycles. The predicted octanol–water partition coefficient (Wildman–Crippen LogP) is 3.97. The lowest BCUT2D eigenvalue weighted by atomic mass is 10.1. The van der Waals surface area contributed by atoms with E-state index in [0.717, 1.165) is 24.2 Å². The number of amides is 1. The van der Waals surface area contributed by atoms with E-state index < -0.39 is 0 Å². The van der Waals surface area contributed by atoms with Crippen LogP contribution in [0.15, 0.2) is 41.8 Å². The number of ether oxygens (including phenoxy) is 2. The Kier molecular flexibility index (Phi) is 5.20. The Morgan fingerprint density at radius 2 is 2.12 bits per heavy atom. The van der Waals surface area contributed by atoms with Gasteiger partial charge in [-0.2, -0.15) is 0 Å². The number of benzene rings is 1. The highest BCUT2D eigenvalue weighted by atomic mass is 32.1. The van der Waals surface area contributed by atoms with E-state index in [2.05, 4.69) is 6.07 Å². The van der Waals surface area contributed by atoms with Crippen LogP contribution in [0.25, 0.3) is 6.08 Å². The van der Waals surface area contributed by atoms with E-state index in [-0.39, 0.29) is 5.91 Å². The van der Waals surface area contributed by atoms with Crippen LogP contribution in [-0.4, -0.2) is 31.1 Å². The molecule has 0 unspecified atom stereocenters. The van der Waals surface area contributed by atoms with Crippen molar-refractivity contribution in [2.75, 3.05) is 14.2 Å². The van der Waals surface area contributed by atoms with Gasteiger partial charge in [-0.25, -0.2) is 0 Å². The van der Waals surface area contributed by atoms with Crippen LogP contribution in [0.2, 0.25) is 0 Å². The lowest BCUT2D eigenvalue weighted by Crippen LogP contribution is -2.30. The van der Waals surface area contributed by atoms with Gasteiger partial charge in [-0.1, -0.05) is 6.07 Å². The molecule has 0 spiro atoms.